The van der Waals surface area contributed by atoms with Crippen LogP contribution in [0.1, 0.15) is 48.5 Å². The molecule has 6 rings (SSSR count). The zero-order valence-electron chi connectivity index (χ0n) is 24.8. The van der Waals surface area contributed by atoms with E-state index in [1.807, 2.05) is 54.6 Å². The summed E-state index contributed by atoms with van der Waals surface area (Å²) in [5.41, 5.74) is 6.12. The zero-order valence-corrected chi connectivity index (χ0v) is 24.8. The van der Waals surface area contributed by atoms with Gasteiger partial charge in [-0.2, -0.15) is 0 Å². The Hall–Kier alpha value is -4.89. The van der Waals surface area contributed by atoms with E-state index in [1.165, 1.54) is 35.6 Å². The van der Waals surface area contributed by atoms with Gasteiger partial charge in [0.15, 0.2) is 0 Å². The highest BCUT2D eigenvalue weighted by Crippen LogP contribution is 2.36. The van der Waals surface area contributed by atoms with Gasteiger partial charge in [0.1, 0.15) is 11.5 Å². The maximum atomic E-state index is 13.1. The van der Waals surface area contributed by atoms with Crippen LogP contribution in [0.3, 0.4) is 0 Å². The predicted octanol–water partition coefficient (Wildman–Crippen LogP) is 10.8. The highest BCUT2D eigenvalue weighted by atomic mass is 16.5. The molecule has 0 bridgehead atoms. The molecule has 3 nitrogen and oxygen atoms in total. The molecule has 0 radical (unpaired) electrons. The van der Waals surface area contributed by atoms with E-state index < -0.39 is 0 Å². The second kappa shape index (κ2) is 13.0. The van der Waals surface area contributed by atoms with Crippen molar-refractivity contribution < 1.29 is 14.3 Å². The molecular weight excluding hydrogens is 528 g/mol. The summed E-state index contributed by atoms with van der Waals surface area (Å²) in [5, 5.41) is 4.56. The fraction of sp³-hybridized carbons (Fsp3) is 0.175. The van der Waals surface area contributed by atoms with Crippen LogP contribution in [0.5, 0.6) is 11.5 Å². The van der Waals surface area contributed by atoms with Crippen LogP contribution >= 0.6 is 0 Å². The highest BCUT2D eigenvalue weighted by molar-refractivity contribution is 6.06. The summed E-state index contributed by atoms with van der Waals surface area (Å²) in [6.45, 7) is 5.08. The summed E-state index contributed by atoms with van der Waals surface area (Å²) in [6.07, 6.45) is 4.76. The smallest absolute Gasteiger partial charge is 0.343 e. The zero-order chi connectivity index (χ0) is 29.6. The first-order valence-corrected chi connectivity index (χ1v) is 15.2. The number of hydrogen-bond acceptors (Lipinski definition) is 3. The Bertz CT molecular complexity index is 1870. The number of esters is 1. The second-order valence-corrected chi connectivity index (χ2v) is 11.1. The summed E-state index contributed by atoms with van der Waals surface area (Å²) in [6, 6.07) is 40.7. The molecule has 0 heterocycles. The van der Waals surface area contributed by atoms with Crippen molar-refractivity contribution in [2.45, 2.75) is 39.5 Å². The van der Waals surface area contributed by atoms with Gasteiger partial charge in [-0.15, -0.1) is 0 Å². The molecule has 0 saturated heterocycles. The standard InChI is InChI=1S/C40H36O3/c1-3-4-5-6-25-42-34-22-19-30(20-23-34)29-15-17-33(18-16-29)40(41)43-35-24-21-32-10-8-12-37(39(32)27-35)36-11-7-9-31-14-13-28(2)26-38(31)36/h7-24,26-27H,3-6,25H2,1-2H3. The van der Waals surface area contributed by atoms with Gasteiger partial charge in [0.05, 0.1) is 12.2 Å². The van der Waals surface area contributed by atoms with Gasteiger partial charge in [-0.25, -0.2) is 4.79 Å². The number of carbonyl (C=O) groups excluding carboxylic acids is 1. The van der Waals surface area contributed by atoms with Crippen LogP contribution in [0.2, 0.25) is 0 Å². The van der Waals surface area contributed by atoms with E-state index in [2.05, 4.69) is 80.6 Å². The maximum absolute atomic E-state index is 13.1. The Morgan fingerprint density at radius 3 is 1.88 bits per heavy atom. The van der Waals surface area contributed by atoms with Crippen molar-refractivity contribution >= 4 is 27.5 Å². The largest absolute Gasteiger partial charge is 0.494 e. The van der Waals surface area contributed by atoms with Crippen molar-refractivity contribution in [2.24, 2.45) is 0 Å². The van der Waals surface area contributed by atoms with Crippen LogP contribution in [0, 0.1) is 6.92 Å². The van der Waals surface area contributed by atoms with E-state index in [4.69, 9.17) is 9.47 Å². The van der Waals surface area contributed by atoms with Gasteiger partial charge in [-0.1, -0.05) is 117 Å². The van der Waals surface area contributed by atoms with Crippen LogP contribution in [0.15, 0.2) is 121 Å². The fourth-order valence-electron chi connectivity index (χ4n) is 5.60. The van der Waals surface area contributed by atoms with Crippen LogP contribution in [0.25, 0.3) is 43.8 Å². The lowest BCUT2D eigenvalue weighted by Crippen LogP contribution is -2.08. The first-order valence-electron chi connectivity index (χ1n) is 15.2. The van der Waals surface area contributed by atoms with Gasteiger partial charge in [-0.05, 0) is 93.5 Å². The quantitative estimate of drug-likeness (QED) is 0.0943. The number of rotatable bonds is 10. The van der Waals surface area contributed by atoms with E-state index in [-0.39, 0.29) is 5.97 Å². The molecule has 0 amide bonds. The van der Waals surface area contributed by atoms with Gasteiger partial charge in [0.25, 0.3) is 0 Å². The molecular formula is C40H36O3. The average Bonchev–Trinajstić information content (AvgIpc) is 3.04. The Labute approximate surface area is 253 Å². The molecule has 0 saturated carbocycles. The minimum absolute atomic E-state index is 0.379. The average molecular weight is 565 g/mol. The van der Waals surface area contributed by atoms with E-state index in [0.717, 1.165) is 51.8 Å². The minimum atomic E-state index is -0.379. The number of hydrogen-bond donors (Lipinski definition) is 0. The molecule has 0 spiro atoms. The van der Waals surface area contributed by atoms with Gasteiger partial charge >= 0.3 is 5.97 Å². The lowest BCUT2D eigenvalue weighted by molar-refractivity contribution is 0.0735. The summed E-state index contributed by atoms with van der Waals surface area (Å²) in [7, 11) is 0. The SMILES string of the molecule is CCCCCCOc1ccc(-c2ccc(C(=O)Oc3ccc4cccc(-c5cccc6ccc(C)cc56)c4c3)cc2)cc1. The number of carbonyl (C=O) groups is 1. The van der Waals surface area contributed by atoms with Crippen LogP contribution in [0.4, 0.5) is 0 Å². The lowest BCUT2D eigenvalue weighted by Gasteiger charge is -2.12. The van der Waals surface area contributed by atoms with E-state index >= 15 is 0 Å². The van der Waals surface area contributed by atoms with E-state index in [1.54, 1.807) is 0 Å². The van der Waals surface area contributed by atoms with Gasteiger partial charge in [-0.3, -0.25) is 0 Å². The van der Waals surface area contributed by atoms with Crippen LogP contribution in [-0.2, 0) is 0 Å². The molecule has 0 aliphatic rings. The Morgan fingerprint density at radius 1 is 0.605 bits per heavy atom. The summed E-state index contributed by atoms with van der Waals surface area (Å²) in [4.78, 5) is 13.1. The predicted molar refractivity (Wildman–Crippen MR) is 178 cm³/mol. The fourth-order valence-corrected chi connectivity index (χ4v) is 5.60. The molecule has 0 aliphatic heterocycles. The molecule has 0 unspecified atom stereocenters. The minimum Gasteiger partial charge on any atom is -0.494 e. The first-order chi connectivity index (χ1) is 21.1. The van der Waals surface area contributed by atoms with Gasteiger partial charge in [0.2, 0.25) is 0 Å². The topological polar surface area (TPSA) is 35.5 Å². The molecule has 3 heteroatoms. The number of aryl methyl sites for hydroxylation is 1. The summed E-state index contributed by atoms with van der Waals surface area (Å²) < 4.78 is 11.7. The first kappa shape index (κ1) is 28.2. The van der Waals surface area contributed by atoms with Crippen molar-refractivity contribution in [3.63, 3.8) is 0 Å². The number of unbranched alkanes of at least 4 members (excludes halogenated alkanes) is 3. The molecule has 0 N–H and O–H groups in total. The molecule has 0 fully saturated rings. The highest BCUT2D eigenvalue weighted by Gasteiger charge is 2.13. The third-order valence-corrected chi connectivity index (χ3v) is 7.97. The monoisotopic (exact) mass is 564 g/mol. The Balaban J connectivity index is 1.18. The third kappa shape index (κ3) is 6.47. The van der Waals surface area contributed by atoms with Crippen molar-refractivity contribution in [3.05, 3.63) is 132 Å². The Morgan fingerprint density at radius 2 is 1.21 bits per heavy atom. The van der Waals surface area contributed by atoms with Crippen molar-refractivity contribution in [1.29, 1.82) is 0 Å². The van der Waals surface area contributed by atoms with E-state index in [9.17, 15) is 4.79 Å². The molecule has 0 atom stereocenters. The Kier molecular flexibility index (Phi) is 8.51. The summed E-state index contributed by atoms with van der Waals surface area (Å²) in [5.74, 6) is 1.03. The number of benzene rings is 6. The normalized spacial score (nSPS) is 11.1. The number of ether oxygens (including phenoxy) is 2. The summed E-state index contributed by atoms with van der Waals surface area (Å²) >= 11 is 0. The van der Waals surface area contributed by atoms with Crippen molar-refractivity contribution in [2.75, 3.05) is 6.61 Å². The molecule has 0 aromatic heterocycles. The molecule has 6 aromatic rings. The van der Waals surface area contributed by atoms with Crippen LogP contribution < -0.4 is 9.47 Å². The van der Waals surface area contributed by atoms with Gasteiger partial charge in [0, 0.05) is 0 Å². The second-order valence-electron chi connectivity index (χ2n) is 11.1. The van der Waals surface area contributed by atoms with Crippen molar-refractivity contribution in [3.8, 4) is 33.8 Å². The molecule has 0 aliphatic carbocycles. The molecule has 6 aromatic carbocycles. The lowest BCUT2D eigenvalue weighted by atomic mass is 9.93. The molecule has 43 heavy (non-hydrogen) atoms. The maximum Gasteiger partial charge on any atom is 0.343 e. The number of fused-ring (bicyclic) bond motifs is 2. The van der Waals surface area contributed by atoms with Crippen molar-refractivity contribution in [1.82, 2.24) is 0 Å². The van der Waals surface area contributed by atoms with Crippen LogP contribution in [-0.4, -0.2) is 12.6 Å². The third-order valence-electron chi connectivity index (χ3n) is 7.97. The molecule has 214 valence electrons. The van der Waals surface area contributed by atoms with Gasteiger partial charge < -0.3 is 9.47 Å². The van der Waals surface area contributed by atoms with E-state index in [0.29, 0.717) is 11.3 Å².